The molecule has 2 aliphatic heterocycles. The first-order valence-corrected chi connectivity index (χ1v) is 10.3. The highest BCUT2D eigenvalue weighted by Crippen LogP contribution is 2.63. The normalized spacial score (nSPS) is 55.0. The Kier molecular flexibility index (Phi) is 3.93. The van der Waals surface area contributed by atoms with E-state index in [4.69, 9.17) is 0 Å². The van der Waals surface area contributed by atoms with Gasteiger partial charge in [0.2, 0.25) is 0 Å². The van der Waals surface area contributed by atoms with E-state index in [0.29, 0.717) is 23.5 Å². The number of carbonyl (C=O) groups is 1. The van der Waals surface area contributed by atoms with Crippen molar-refractivity contribution in [2.24, 2.45) is 29.1 Å². The summed E-state index contributed by atoms with van der Waals surface area (Å²) in [5.74, 6) is 3.08. The van der Waals surface area contributed by atoms with Crippen LogP contribution in [0.25, 0.3) is 0 Å². The number of hydrogen-bond donors (Lipinski definition) is 1. The zero-order valence-corrected chi connectivity index (χ0v) is 15.9. The molecule has 0 aromatic carbocycles. The molecule has 4 fully saturated rings. The fraction of sp³-hybridized carbons (Fsp3) is 0.952. The molecule has 0 spiro atoms. The van der Waals surface area contributed by atoms with Crippen LogP contribution in [0.3, 0.4) is 0 Å². The van der Waals surface area contributed by atoms with Gasteiger partial charge in [-0.2, -0.15) is 0 Å². The Morgan fingerprint density at radius 3 is 2.67 bits per heavy atom. The van der Waals surface area contributed by atoms with Crippen molar-refractivity contribution in [3.05, 3.63) is 0 Å². The maximum absolute atomic E-state index is 12.2. The lowest BCUT2D eigenvalue weighted by Gasteiger charge is -2.62. The number of ketones is 1. The molecule has 0 aromatic heterocycles. The number of aliphatic hydroxyl groups is 1. The van der Waals surface area contributed by atoms with Crippen molar-refractivity contribution in [2.75, 3.05) is 6.54 Å². The Hall–Kier alpha value is -0.410. The van der Waals surface area contributed by atoms with E-state index in [9.17, 15) is 9.90 Å². The molecule has 2 heterocycles. The van der Waals surface area contributed by atoms with E-state index < -0.39 is 0 Å². The first kappa shape index (κ1) is 17.0. The van der Waals surface area contributed by atoms with E-state index in [2.05, 4.69) is 32.6 Å². The number of hydrogen-bond acceptors (Lipinski definition) is 3. The molecule has 3 nitrogen and oxygen atoms in total. The van der Waals surface area contributed by atoms with Crippen LogP contribution in [0.15, 0.2) is 0 Å². The summed E-state index contributed by atoms with van der Waals surface area (Å²) in [7, 11) is 0. The molecule has 2 aliphatic carbocycles. The zero-order valence-electron chi connectivity index (χ0n) is 15.9. The highest BCUT2D eigenvalue weighted by atomic mass is 16.3. The van der Waals surface area contributed by atoms with Crippen molar-refractivity contribution in [3.63, 3.8) is 0 Å². The van der Waals surface area contributed by atoms with Gasteiger partial charge in [0.05, 0.1) is 12.1 Å². The van der Waals surface area contributed by atoms with Crippen LogP contribution in [0, 0.1) is 29.1 Å². The Balaban J connectivity index is 1.65. The third kappa shape index (κ3) is 2.06. The quantitative estimate of drug-likeness (QED) is 0.796. The minimum absolute atomic E-state index is 0.105. The highest BCUT2D eigenvalue weighted by molar-refractivity contribution is 5.84. The minimum Gasteiger partial charge on any atom is -0.392 e. The summed E-state index contributed by atoms with van der Waals surface area (Å²) in [5, 5.41) is 11.0. The molecule has 24 heavy (non-hydrogen) atoms. The van der Waals surface area contributed by atoms with Gasteiger partial charge in [0.15, 0.2) is 0 Å². The molecular formula is C21H35NO2. The summed E-state index contributed by atoms with van der Waals surface area (Å²) < 4.78 is 0. The third-order valence-corrected chi connectivity index (χ3v) is 9.05. The van der Waals surface area contributed by atoms with Crippen LogP contribution in [-0.2, 0) is 4.79 Å². The number of nitrogens with zero attached hydrogens (tertiary/aromatic N) is 1. The van der Waals surface area contributed by atoms with E-state index in [0.717, 1.165) is 31.7 Å². The second-order valence-corrected chi connectivity index (χ2v) is 9.75. The lowest BCUT2D eigenvalue weighted by atomic mass is 9.52. The smallest absolute Gasteiger partial charge is 0.149 e. The van der Waals surface area contributed by atoms with Gasteiger partial charge in [-0.15, -0.1) is 0 Å². The van der Waals surface area contributed by atoms with Crippen LogP contribution in [-0.4, -0.2) is 40.0 Å². The predicted octanol–water partition coefficient (Wildman–Crippen LogP) is 3.64. The molecule has 0 radical (unpaired) electrons. The van der Waals surface area contributed by atoms with Crippen molar-refractivity contribution >= 4 is 5.78 Å². The van der Waals surface area contributed by atoms with Crippen molar-refractivity contribution < 1.29 is 9.90 Å². The Labute approximate surface area is 147 Å². The average molecular weight is 334 g/mol. The molecule has 0 amide bonds. The Morgan fingerprint density at radius 1 is 1.21 bits per heavy atom. The second-order valence-electron chi connectivity index (χ2n) is 9.75. The van der Waals surface area contributed by atoms with Crippen molar-refractivity contribution in [1.29, 1.82) is 0 Å². The first-order valence-electron chi connectivity index (χ1n) is 10.3. The van der Waals surface area contributed by atoms with Crippen LogP contribution in [0.4, 0.5) is 0 Å². The molecule has 1 N–H and O–H groups in total. The van der Waals surface area contributed by atoms with Crippen molar-refractivity contribution in [3.8, 4) is 0 Å². The van der Waals surface area contributed by atoms with Gasteiger partial charge in [0, 0.05) is 12.0 Å². The second kappa shape index (κ2) is 5.54. The summed E-state index contributed by atoms with van der Waals surface area (Å²) >= 11 is 0. The van der Waals surface area contributed by atoms with E-state index in [-0.39, 0.29) is 23.1 Å². The summed E-state index contributed by atoms with van der Waals surface area (Å²) in [6.07, 6.45) is 7.66. The average Bonchev–Trinajstić information content (AvgIpc) is 2.83. The summed E-state index contributed by atoms with van der Waals surface area (Å²) in [6, 6.07) is 0.107. The lowest BCUT2D eigenvalue weighted by molar-refractivity contribution is -0.156. The van der Waals surface area contributed by atoms with E-state index in [1.165, 1.54) is 25.7 Å². The molecule has 3 unspecified atom stereocenters. The molecule has 136 valence electrons. The molecule has 3 heteroatoms. The van der Waals surface area contributed by atoms with Crippen LogP contribution >= 0.6 is 0 Å². The molecule has 0 aromatic rings. The number of rotatable bonds is 1. The van der Waals surface area contributed by atoms with Gasteiger partial charge < -0.3 is 5.11 Å². The lowest BCUT2D eigenvalue weighted by Crippen LogP contribution is -2.67. The van der Waals surface area contributed by atoms with Gasteiger partial charge in [-0.3, -0.25) is 9.69 Å². The van der Waals surface area contributed by atoms with Crippen molar-refractivity contribution in [2.45, 2.75) is 90.3 Å². The molecule has 4 aliphatic rings. The fourth-order valence-electron chi connectivity index (χ4n) is 7.49. The summed E-state index contributed by atoms with van der Waals surface area (Å²) in [5.41, 5.74) is 0.337. The topological polar surface area (TPSA) is 40.5 Å². The number of Topliss-reactive ketones (excluding diaryl/α,β-unsaturated/α-hetero) is 1. The molecule has 0 bridgehead atoms. The largest absolute Gasteiger partial charge is 0.392 e. The monoisotopic (exact) mass is 333 g/mol. The van der Waals surface area contributed by atoms with E-state index >= 15 is 0 Å². The maximum atomic E-state index is 12.2. The van der Waals surface area contributed by atoms with Crippen LogP contribution in [0.5, 0.6) is 0 Å². The number of aliphatic hydroxyl groups excluding tert-OH is 1. The van der Waals surface area contributed by atoms with Gasteiger partial charge in [0.1, 0.15) is 5.78 Å². The van der Waals surface area contributed by atoms with Gasteiger partial charge >= 0.3 is 0 Å². The molecule has 2 saturated heterocycles. The number of piperidine rings is 2. The predicted molar refractivity (Wildman–Crippen MR) is 95.6 cm³/mol. The molecular weight excluding hydrogens is 298 g/mol. The SMILES string of the molecule is CCC1C[C@H]2[C@@H]3CCN4C(C)C(=O)CC[C@]4(C)[C@@H]3CC[C@]2(C)C1O. The van der Waals surface area contributed by atoms with Gasteiger partial charge in [0.25, 0.3) is 0 Å². The maximum Gasteiger partial charge on any atom is 0.149 e. The standard InChI is InChI=1S/C21H35NO2/c1-5-14-12-17-15-8-11-22-13(2)18(23)7-10-21(22,4)16(15)6-9-20(17,3)19(14)24/h13-17,19,24H,5-12H2,1-4H3/t13?,14?,15-,16-,17+,19?,20+,21-/m1/s1. The van der Waals surface area contributed by atoms with Gasteiger partial charge in [-0.05, 0) is 81.6 Å². The van der Waals surface area contributed by atoms with Crippen LogP contribution in [0.2, 0.25) is 0 Å². The molecule has 2 saturated carbocycles. The van der Waals surface area contributed by atoms with Crippen LogP contribution < -0.4 is 0 Å². The van der Waals surface area contributed by atoms with Gasteiger partial charge in [-0.25, -0.2) is 0 Å². The van der Waals surface area contributed by atoms with Gasteiger partial charge in [-0.1, -0.05) is 20.3 Å². The van der Waals surface area contributed by atoms with Crippen molar-refractivity contribution in [1.82, 2.24) is 4.90 Å². The highest BCUT2D eigenvalue weighted by Gasteiger charge is 2.62. The van der Waals surface area contributed by atoms with E-state index in [1.54, 1.807) is 0 Å². The summed E-state index contributed by atoms with van der Waals surface area (Å²) in [4.78, 5) is 14.8. The molecule has 8 atom stereocenters. The minimum atomic E-state index is -0.105. The molecule has 4 rings (SSSR count). The van der Waals surface area contributed by atoms with E-state index in [1.807, 2.05) is 0 Å². The summed E-state index contributed by atoms with van der Waals surface area (Å²) in [6.45, 7) is 10.3. The number of carbonyl (C=O) groups excluding carboxylic acids is 1. The Bertz CT molecular complexity index is 534. The third-order valence-electron chi connectivity index (χ3n) is 9.05. The Morgan fingerprint density at radius 2 is 1.96 bits per heavy atom. The fourth-order valence-corrected chi connectivity index (χ4v) is 7.49. The van der Waals surface area contributed by atoms with Crippen LogP contribution in [0.1, 0.15) is 72.6 Å². The first-order chi connectivity index (χ1) is 11.3. The number of fused-ring (bicyclic) bond motifs is 5. The zero-order chi connectivity index (χ0) is 17.3.